The zero-order valence-electron chi connectivity index (χ0n) is 10.8. The fourth-order valence-corrected chi connectivity index (χ4v) is 2.06. The van der Waals surface area contributed by atoms with Gasteiger partial charge in [0.2, 0.25) is 0 Å². The lowest BCUT2D eigenvalue weighted by molar-refractivity contribution is 0.104. The van der Waals surface area contributed by atoms with Crippen LogP contribution >= 0.6 is 11.8 Å². The molecule has 2 rings (SSSR count). The molecule has 102 valence electrons. The van der Waals surface area contributed by atoms with Crippen LogP contribution in [0.5, 0.6) is 5.75 Å². The average Bonchev–Trinajstić information content (AvgIpc) is 2.48. The molecule has 0 aliphatic carbocycles. The third-order valence-corrected chi connectivity index (χ3v) is 3.52. The highest BCUT2D eigenvalue weighted by Crippen LogP contribution is 2.18. The molecule has 0 amide bonds. The largest absolute Gasteiger partial charge is 0.505 e. The number of benzene rings is 2. The smallest absolute Gasteiger partial charge is 0.185 e. The van der Waals surface area contributed by atoms with Gasteiger partial charge in [-0.25, -0.2) is 4.39 Å². The minimum atomic E-state index is -0.705. The second-order valence-corrected chi connectivity index (χ2v) is 5.02. The van der Waals surface area contributed by atoms with Gasteiger partial charge in [-0.3, -0.25) is 4.79 Å². The van der Waals surface area contributed by atoms with Crippen molar-refractivity contribution in [3.05, 3.63) is 65.5 Å². The summed E-state index contributed by atoms with van der Waals surface area (Å²) in [4.78, 5) is 13.0. The Morgan fingerprint density at radius 1 is 1.20 bits per heavy atom. The average molecular weight is 288 g/mol. The van der Waals surface area contributed by atoms with E-state index in [1.165, 1.54) is 24.3 Å². The highest BCUT2D eigenvalue weighted by atomic mass is 32.2. The van der Waals surface area contributed by atoms with E-state index in [0.29, 0.717) is 11.1 Å². The Kier molecular flexibility index (Phi) is 4.58. The first kappa shape index (κ1) is 14.3. The van der Waals surface area contributed by atoms with Crippen molar-refractivity contribution in [3.8, 4) is 5.75 Å². The number of hydrogen-bond donors (Lipinski definition) is 1. The van der Waals surface area contributed by atoms with Gasteiger partial charge in [0.05, 0.1) is 0 Å². The molecular weight excluding hydrogens is 275 g/mol. The Labute approximate surface area is 121 Å². The van der Waals surface area contributed by atoms with Crippen LogP contribution in [0.25, 0.3) is 6.08 Å². The van der Waals surface area contributed by atoms with Crippen molar-refractivity contribution in [2.24, 2.45) is 0 Å². The van der Waals surface area contributed by atoms with Gasteiger partial charge in [0.15, 0.2) is 17.3 Å². The normalized spacial score (nSPS) is 10.9. The molecule has 0 radical (unpaired) electrons. The highest BCUT2D eigenvalue weighted by molar-refractivity contribution is 7.98. The SMILES string of the molecule is CSc1ccc(C(=O)/C=C/c2ccc(O)c(F)c2)cc1. The van der Waals surface area contributed by atoms with Gasteiger partial charge in [0.25, 0.3) is 0 Å². The molecule has 0 atom stereocenters. The molecule has 0 unspecified atom stereocenters. The molecule has 0 aromatic heterocycles. The van der Waals surface area contributed by atoms with Gasteiger partial charge in [0, 0.05) is 10.5 Å². The quantitative estimate of drug-likeness (QED) is 0.521. The predicted octanol–water partition coefficient (Wildman–Crippen LogP) is 4.15. The first-order chi connectivity index (χ1) is 9.60. The number of phenols is 1. The van der Waals surface area contributed by atoms with Crippen molar-refractivity contribution in [1.29, 1.82) is 0 Å². The summed E-state index contributed by atoms with van der Waals surface area (Å²) in [7, 11) is 0. The fourth-order valence-electron chi connectivity index (χ4n) is 1.65. The van der Waals surface area contributed by atoms with Crippen LogP contribution in [0.2, 0.25) is 0 Å². The molecule has 2 nitrogen and oxygen atoms in total. The fraction of sp³-hybridized carbons (Fsp3) is 0.0625. The van der Waals surface area contributed by atoms with Crippen molar-refractivity contribution < 1.29 is 14.3 Å². The van der Waals surface area contributed by atoms with E-state index < -0.39 is 11.6 Å². The van der Waals surface area contributed by atoms with Crippen LogP contribution in [-0.4, -0.2) is 17.1 Å². The number of halogens is 1. The van der Waals surface area contributed by atoms with Crippen LogP contribution in [0.15, 0.2) is 53.4 Å². The van der Waals surface area contributed by atoms with Crippen molar-refractivity contribution in [2.75, 3.05) is 6.26 Å². The van der Waals surface area contributed by atoms with Crippen LogP contribution in [0.1, 0.15) is 15.9 Å². The molecular formula is C16H13FO2S. The molecule has 1 N–H and O–H groups in total. The van der Waals surface area contributed by atoms with Crippen molar-refractivity contribution >= 4 is 23.6 Å². The summed E-state index contributed by atoms with van der Waals surface area (Å²) < 4.78 is 13.1. The summed E-state index contributed by atoms with van der Waals surface area (Å²) in [6.07, 6.45) is 4.88. The minimum absolute atomic E-state index is 0.147. The van der Waals surface area contributed by atoms with E-state index >= 15 is 0 Å². The monoisotopic (exact) mass is 288 g/mol. The molecule has 0 spiro atoms. The lowest BCUT2D eigenvalue weighted by atomic mass is 10.1. The standard InChI is InChI=1S/C16H13FO2S/c1-20-13-6-4-12(5-7-13)15(18)8-2-11-3-9-16(19)14(17)10-11/h2-10,19H,1H3/b8-2+. The second kappa shape index (κ2) is 6.39. The molecule has 20 heavy (non-hydrogen) atoms. The molecule has 4 heteroatoms. The van der Waals surface area contributed by atoms with Gasteiger partial charge < -0.3 is 5.11 Å². The zero-order valence-corrected chi connectivity index (χ0v) is 11.7. The van der Waals surface area contributed by atoms with Crippen LogP contribution in [0.3, 0.4) is 0 Å². The van der Waals surface area contributed by atoms with Crippen LogP contribution < -0.4 is 0 Å². The molecule has 0 fully saturated rings. The molecule has 2 aromatic rings. The number of allylic oxidation sites excluding steroid dienone is 1. The number of thioether (sulfide) groups is 1. The molecule has 0 bridgehead atoms. The van der Waals surface area contributed by atoms with Gasteiger partial charge in [-0.15, -0.1) is 11.8 Å². The summed E-state index contributed by atoms with van der Waals surface area (Å²) in [5, 5.41) is 9.08. The molecule has 0 saturated carbocycles. The van der Waals surface area contributed by atoms with E-state index in [9.17, 15) is 9.18 Å². The Morgan fingerprint density at radius 3 is 2.50 bits per heavy atom. The van der Waals surface area contributed by atoms with Crippen molar-refractivity contribution in [3.63, 3.8) is 0 Å². The first-order valence-electron chi connectivity index (χ1n) is 5.95. The molecule has 0 heterocycles. The van der Waals surface area contributed by atoms with E-state index in [4.69, 9.17) is 5.11 Å². The van der Waals surface area contributed by atoms with E-state index in [2.05, 4.69) is 0 Å². The Morgan fingerprint density at radius 2 is 1.90 bits per heavy atom. The van der Waals surface area contributed by atoms with Crippen LogP contribution in [0.4, 0.5) is 4.39 Å². The summed E-state index contributed by atoms with van der Waals surface area (Å²) in [6.45, 7) is 0. The number of hydrogen-bond acceptors (Lipinski definition) is 3. The molecule has 0 saturated heterocycles. The Balaban J connectivity index is 2.13. The lowest BCUT2D eigenvalue weighted by Gasteiger charge is -1.99. The molecule has 0 aliphatic heterocycles. The number of ketones is 1. The third kappa shape index (κ3) is 3.48. The maximum Gasteiger partial charge on any atom is 0.185 e. The summed E-state index contributed by atoms with van der Waals surface area (Å²) in [5.41, 5.74) is 1.10. The Hall–Kier alpha value is -2.07. The van der Waals surface area contributed by atoms with Gasteiger partial charge >= 0.3 is 0 Å². The van der Waals surface area contributed by atoms with Crippen molar-refractivity contribution in [2.45, 2.75) is 4.90 Å². The number of phenolic OH excluding ortho intramolecular Hbond substituents is 1. The van der Waals surface area contributed by atoms with Gasteiger partial charge in [-0.05, 0) is 54.3 Å². The highest BCUT2D eigenvalue weighted by Gasteiger charge is 2.03. The molecule has 0 aliphatic rings. The van der Waals surface area contributed by atoms with E-state index in [1.807, 2.05) is 18.4 Å². The minimum Gasteiger partial charge on any atom is -0.505 e. The maximum atomic E-state index is 13.1. The summed E-state index contributed by atoms with van der Waals surface area (Å²) in [6, 6.07) is 11.3. The summed E-state index contributed by atoms with van der Waals surface area (Å²) >= 11 is 1.61. The van der Waals surface area contributed by atoms with E-state index in [-0.39, 0.29) is 5.78 Å². The third-order valence-electron chi connectivity index (χ3n) is 2.77. The number of carbonyl (C=O) groups excluding carboxylic acids is 1. The van der Waals surface area contributed by atoms with Gasteiger partial charge in [0.1, 0.15) is 0 Å². The van der Waals surface area contributed by atoms with E-state index in [1.54, 1.807) is 30.0 Å². The first-order valence-corrected chi connectivity index (χ1v) is 7.17. The summed E-state index contributed by atoms with van der Waals surface area (Å²) in [5.74, 6) is -1.25. The number of aromatic hydroxyl groups is 1. The topological polar surface area (TPSA) is 37.3 Å². The van der Waals surface area contributed by atoms with Crippen LogP contribution in [0, 0.1) is 5.82 Å². The second-order valence-electron chi connectivity index (χ2n) is 4.14. The molecule has 2 aromatic carbocycles. The predicted molar refractivity (Wildman–Crippen MR) is 79.7 cm³/mol. The zero-order chi connectivity index (χ0) is 14.5. The van der Waals surface area contributed by atoms with Crippen LogP contribution in [-0.2, 0) is 0 Å². The van der Waals surface area contributed by atoms with Crippen molar-refractivity contribution in [1.82, 2.24) is 0 Å². The van der Waals surface area contributed by atoms with Gasteiger partial charge in [-0.1, -0.05) is 12.1 Å². The van der Waals surface area contributed by atoms with E-state index in [0.717, 1.165) is 4.90 Å². The lowest BCUT2D eigenvalue weighted by Crippen LogP contribution is -1.93. The van der Waals surface area contributed by atoms with Gasteiger partial charge in [-0.2, -0.15) is 0 Å². The number of carbonyl (C=O) groups is 1. The Bertz CT molecular complexity index is 648. The number of rotatable bonds is 4. The maximum absolute atomic E-state index is 13.1.